The number of nitrogens with two attached hydrogens (primary N) is 1. The van der Waals surface area contributed by atoms with Gasteiger partial charge in [-0.05, 0) is 43.9 Å². The largest absolute Gasteiger partial charge is 0.441 e. The van der Waals surface area contributed by atoms with Crippen molar-refractivity contribution in [1.29, 1.82) is 0 Å². The number of fused-ring (bicyclic) bond motifs is 1. The monoisotopic (exact) mass is 259 g/mol. The van der Waals surface area contributed by atoms with Crippen molar-refractivity contribution in [2.75, 3.05) is 11.9 Å². The molecule has 1 aromatic heterocycles. The summed E-state index contributed by atoms with van der Waals surface area (Å²) in [6.07, 6.45) is 4.60. The molecule has 4 nitrogen and oxygen atoms in total. The zero-order valence-electron chi connectivity index (χ0n) is 11.6. The second-order valence-corrected chi connectivity index (χ2v) is 5.56. The van der Waals surface area contributed by atoms with Crippen LogP contribution >= 0.6 is 0 Å². The molecule has 102 valence electrons. The molecule has 4 heteroatoms. The molecule has 0 aliphatic heterocycles. The van der Waals surface area contributed by atoms with Crippen LogP contribution in [-0.2, 0) is 0 Å². The molecule has 0 spiro atoms. The smallest absolute Gasteiger partial charge is 0.192 e. The van der Waals surface area contributed by atoms with Gasteiger partial charge in [0.1, 0.15) is 5.52 Å². The SMILES string of the molecule is Cc1nc2cc(N(C)C3CCC(N)CC3)ccc2o1. The number of benzene rings is 1. The van der Waals surface area contributed by atoms with Crippen molar-refractivity contribution in [2.24, 2.45) is 5.73 Å². The number of aryl methyl sites for hydroxylation is 1. The average molecular weight is 259 g/mol. The minimum absolute atomic E-state index is 0.394. The Morgan fingerprint density at radius 1 is 1.26 bits per heavy atom. The molecule has 19 heavy (non-hydrogen) atoms. The average Bonchev–Trinajstić information content (AvgIpc) is 2.77. The van der Waals surface area contributed by atoms with Gasteiger partial charge >= 0.3 is 0 Å². The summed E-state index contributed by atoms with van der Waals surface area (Å²) in [5, 5.41) is 0. The standard InChI is InChI=1S/C15H21N3O/c1-10-17-14-9-13(7-8-15(14)19-10)18(2)12-5-3-11(16)4-6-12/h7-9,11-12H,3-6,16H2,1-2H3. The van der Waals surface area contributed by atoms with Crippen LogP contribution in [0.5, 0.6) is 0 Å². The summed E-state index contributed by atoms with van der Waals surface area (Å²) in [7, 11) is 2.16. The van der Waals surface area contributed by atoms with Crippen molar-refractivity contribution in [3.63, 3.8) is 0 Å². The first-order chi connectivity index (χ1) is 9.13. The lowest BCUT2D eigenvalue weighted by Crippen LogP contribution is -2.38. The van der Waals surface area contributed by atoms with E-state index in [1.54, 1.807) is 0 Å². The third-order valence-corrected chi connectivity index (χ3v) is 4.17. The van der Waals surface area contributed by atoms with Crippen LogP contribution in [0.4, 0.5) is 5.69 Å². The number of nitrogens with zero attached hydrogens (tertiary/aromatic N) is 2. The first-order valence-corrected chi connectivity index (χ1v) is 6.99. The predicted octanol–water partition coefficient (Wildman–Crippen LogP) is 2.84. The summed E-state index contributed by atoms with van der Waals surface area (Å²) in [4.78, 5) is 6.76. The van der Waals surface area contributed by atoms with Crippen LogP contribution in [0, 0.1) is 6.92 Å². The summed E-state index contributed by atoms with van der Waals surface area (Å²) < 4.78 is 5.52. The van der Waals surface area contributed by atoms with E-state index in [0.29, 0.717) is 12.1 Å². The van der Waals surface area contributed by atoms with E-state index in [-0.39, 0.29) is 0 Å². The summed E-state index contributed by atoms with van der Waals surface area (Å²) in [5.74, 6) is 0.721. The highest BCUT2D eigenvalue weighted by Gasteiger charge is 2.22. The Morgan fingerprint density at radius 3 is 2.74 bits per heavy atom. The molecular formula is C15H21N3O. The molecule has 2 aromatic rings. The maximum atomic E-state index is 5.97. The van der Waals surface area contributed by atoms with Crippen molar-refractivity contribution in [2.45, 2.75) is 44.7 Å². The minimum atomic E-state index is 0.394. The van der Waals surface area contributed by atoms with Crippen molar-refractivity contribution < 1.29 is 4.42 Å². The van der Waals surface area contributed by atoms with Crippen LogP contribution in [0.1, 0.15) is 31.6 Å². The van der Waals surface area contributed by atoms with Gasteiger partial charge in [-0.15, -0.1) is 0 Å². The van der Waals surface area contributed by atoms with E-state index in [4.69, 9.17) is 10.2 Å². The highest BCUT2D eigenvalue weighted by molar-refractivity contribution is 5.77. The van der Waals surface area contributed by atoms with Crippen molar-refractivity contribution in [1.82, 2.24) is 4.98 Å². The second kappa shape index (κ2) is 4.85. The molecule has 0 unspecified atom stereocenters. The molecule has 1 aliphatic rings. The maximum Gasteiger partial charge on any atom is 0.192 e. The van der Waals surface area contributed by atoms with Crippen LogP contribution in [0.3, 0.4) is 0 Å². The molecule has 0 saturated heterocycles. The molecule has 1 fully saturated rings. The fourth-order valence-electron chi connectivity index (χ4n) is 2.95. The maximum absolute atomic E-state index is 5.97. The zero-order chi connectivity index (χ0) is 13.4. The summed E-state index contributed by atoms with van der Waals surface area (Å²) in [6, 6.07) is 7.22. The lowest BCUT2D eigenvalue weighted by molar-refractivity contribution is 0.385. The third-order valence-electron chi connectivity index (χ3n) is 4.17. The molecule has 0 amide bonds. The first-order valence-electron chi connectivity index (χ1n) is 6.99. The van der Waals surface area contributed by atoms with Crippen LogP contribution in [0.15, 0.2) is 22.6 Å². The quantitative estimate of drug-likeness (QED) is 0.901. The molecule has 1 aromatic carbocycles. The van der Waals surface area contributed by atoms with E-state index >= 15 is 0 Å². The number of rotatable bonds is 2. The van der Waals surface area contributed by atoms with Crippen LogP contribution in [-0.4, -0.2) is 24.1 Å². The summed E-state index contributed by atoms with van der Waals surface area (Å²) >= 11 is 0. The Bertz CT molecular complexity index is 570. The normalized spacial score (nSPS) is 23.7. The second-order valence-electron chi connectivity index (χ2n) is 5.56. The fourth-order valence-corrected chi connectivity index (χ4v) is 2.95. The summed E-state index contributed by atoms with van der Waals surface area (Å²) in [6.45, 7) is 1.88. The molecular weight excluding hydrogens is 238 g/mol. The fraction of sp³-hybridized carbons (Fsp3) is 0.533. The van der Waals surface area contributed by atoms with Crippen molar-refractivity contribution >= 4 is 16.8 Å². The molecule has 1 aliphatic carbocycles. The van der Waals surface area contributed by atoms with E-state index in [2.05, 4.69) is 29.1 Å². The molecule has 3 rings (SSSR count). The van der Waals surface area contributed by atoms with Crippen molar-refractivity contribution in [3.8, 4) is 0 Å². The minimum Gasteiger partial charge on any atom is -0.441 e. The van der Waals surface area contributed by atoms with E-state index in [0.717, 1.165) is 29.8 Å². The highest BCUT2D eigenvalue weighted by Crippen LogP contribution is 2.28. The van der Waals surface area contributed by atoms with E-state index < -0.39 is 0 Å². The van der Waals surface area contributed by atoms with Crippen molar-refractivity contribution in [3.05, 3.63) is 24.1 Å². The molecule has 0 radical (unpaired) electrons. The highest BCUT2D eigenvalue weighted by atomic mass is 16.3. The molecule has 1 saturated carbocycles. The molecule has 1 heterocycles. The van der Waals surface area contributed by atoms with Gasteiger partial charge in [0.15, 0.2) is 11.5 Å². The third kappa shape index (κ3) is 2.45. The zero-order valence-corrected chi connectivity index (χ0v) is 11.6. The number of hydrogen-bond acceptors (Lipinski definition) is 4. The number of oxazole rings is 1. The first kappa shape index (κ1) is 12.5. The predicted molar refractivity (Wildman–Crippen MR) is 77.4 cm³/mol. The molecule has 0 bridgehead atoms. The van der Waals surface area contributed by atoms with Crippen LogP contribution in [0.25, 0.3) is 11.1 Å². The van der Waals surface area contributed by atoms with Gasteiger partial charge in [-0.2, -0.15) is 0 Å². The lowest BCUT2D eigenvalue weighted by atomic mass is 9.91. The van der Waals surface area contributed by atoms with Gasteiger partial charge in [0.05, 0.1) is 0 Å². The number of aromatic nitrogens is 1. The molecule has 0 atom stereocenters. The van der Waals surface area contributed by atoms with Gasteiger partial charge in [0.25, 0.3) is 0 Å². The topological polar surface area (TPSA) is 55.3 Å². The Balaban J connectivity index is 1.82. The Morgan fingerprint density at radius 2 is 2.00 bits per heavy atom. The van der Waals surface area contributed by atoms with Gasteiger partial charge in [-0.1, -0.05) is 0 Å². The van der Waals surface area contributed by atoms with Gasteiger partial charge in [0, 0.05) is 31.7 Å². The van der Waals surface area contributed by atoms with E-state index in [9.17, 15) is 0 Å². The molecule has 2 N–H and O–H groups in total. The Hall–Kier alpha value is -1.55. The van der Waals surface area contributed by atoms with E-state index in [1.165, 1.54) is 18.5 Å². The number of anilines is 1. The number of hydrogen-bond donors (Lipinski definition) is 1. The summed E-state index contributed by atoms with van der Waals surface area (Å²) in [5.41, 5.74) is 8.98. The van der Waals surface area contributed by atoms with Gasteiger partial charge in [0.2, 0.25) is 0 Å². The Labute approximate surface area is 113 Å². The van der Waals surface area contributed by atoms with Gasteiger partial charge in [-0.3, -0.25) is 0 Å². The van der Waals surface area contributed by atoms with Gasteiger partial charge < -0.3 is 15.1 Å². The van der Waals surface area contributed by atoms with Crippen LogP contribution in [0.2, 0.25) is 0 Å². The lowest BCUT2D eigenvalue weighted by Gasteiger charge is -2.34. The van der Waals surface area contributed by atoms with E-state index in [1.807, 2.05) is 13.0 Å². The van der Waals surface area contributed by atoms with Gasteiger partial charge in [-0.25, -0.2) is 4.98 Å². The van der Waals surface area contributed by atoms with Crippen LogP contribution < -0.4 is 10.6 Å². The Kier molecular flexibility index (Phi) is 3.19.